The molecule has 16 rings (SSSR count). The molecule has 0 saturated heterocycles. The smallest absolute Gasteiger partial charge is 0.307 e. The third-order valence-corrected chi connectivity index (χ3v) is 30.6. The van der Waals surface area contributed by atoms with Gasteiger partial charge in [-0.25, -0.2) is 43.9 Å². The number of aryl methyl sites for hydroxylation is 16. The second-order valence-electron chi connectivity index (χ2n) is 35.4. The fourth-order valence-corrected chi connectivity index (χ4v) is 20.7. The molecule has 12 aromatic carbocycles. The van der Waals surface area contributed by atoms with Gasteiger partial charge in [0.2, 0.25) is 11.6 Å². The summed E-state index contributed by atoms with van der Waals surface area (Å²) < 4.78 is 210. The molecule has 0 unspecified atom stereocenters. The van der Waals surface area contributed by atoms with Crippen molar-refractivity contribution in [1.29, 1.82) is 5.26 Å². The minimum atomic E-state index is -5.34. The highest BCUT2D eigenvalue weighted by molar-refractivity contribution is 6.21. The van der Waals surface area contributed by atoms with E-state index in [9.17, 15) is 14.0 Å². The zero-order valence-electron chi connectivity index (χ0n) is 76.5. The van der Waals surface area contributed by atoms with Crippen LogP contribution in [0.4, 0.5) is 57.1 Å². The second-order valence-corrected chi connectivity index (χ2v) is 35.4. The fraction of sp³-hybridized carbons (Fsp3) is 0.311. The number of alkyl halides is 3. The molecule has 0 saturated carbocycles. The van der Waals surface area contributed by atoms with Gasteiger partial charge in [-0.15, -0.1) is 0 Å². The van der Waals surface area contributed by atoms with Crippen LogP contribution < -0.4 is 0 Å². The number of aromatic nitrogens is 4. The van der Waals surface area contributed by atoms with Gasteiger partial charge in [0.25, 0.3) is 0 Å². The third-order valence-electron chi connectivity index (χ3n) is 30.6. The minimum Gasteiger partial charge on any atom is -0.307 e. The first-order valence-electron chi connectivity index (χ1n) is 41.7. The Morgan fingerprint density at radius 2 is 0.355 bits per heavy atom. The van der Waals surface area contributed by atoms with Crippen molar-refractivity contribution in [2.24, 2.45) is 0 Å². The van der Waals surface area contributed by atoms with E-state index in [1.807, 2.05) is 120 Å². The van der Waals surface area contributed by atoms with Crippen molar-refractivity contribution in [2.75, 3.05) is 0 Å². The van der Waals surface area contributed by atoms with Crippen LogP contribution in [0.1, 0.15) is 189 Å². The monoisotopic (exact) mass is 1690 g/mol. The molecule has 0 radical (unpaired) electrons. The van der Waals surface area contributed by atoms with E-state index < -0.39 is 92.2 Å². The Bertz CT molecular complexity index is 7390. The van der Waals surface area contributed by atoms with Gasteiger partial charge in [0.1, 0.15) is 0 Å². The van der Waals surface area contributed by atoms with E-state index in [2.05, 4.69) is 126 Å². The van der Waals surface area contributed by atoms with Gasteiger partial charge in [0, 0.05) is 54.2 Å². The molecule has 0 aliphatic carbocycles. The van der Waals surface area contributed by atoms with E-state index in [1.165, 1.54) is 6.07 Å². The summed E-state index contributed by atoms with van der Waals surface area (Å²) in [5.74, 6) is -22.3. The molecule has 640 valence electrons. The molecule has 0 aliphatic heterocycles. The standard InChI is InChI=1S/C53H50F8N2.C53H50F5N3/c1-19-23(5)31(13)49-39(27(19)9)40-28(10)20(2)24(6)32(14)50(40)62(49)37-17-35(43-44(54)46(56)48(58)47(57)45(43)55)36(53(59,60)61)18-38(37)63-51-33(15)25(7)21(3)29(11)41(51)42-30(12)22(4)26(8)34(16)52(42)63;1-20-24(5)32(13)50-40(28(20)9)41-29(10)21(2)25(6)33(14)51(41)60(50)38-17-36(19-59)37(44-45(54)47(56)49(58)48(57)46(44)55)18-39(38)61-52-34(15)26(7)22(3)30(11)42(52)43-31(12)23(4)27(8)35(16)53(43)61/h17-18H,1-16H3;17-18H,1-16H3. The van der Waals surface area contributed by atoms with Crippen molar-refractivity contribution >= 4 is 87.2 Å². The van der Waals surface area contributed by atoms with E-state index in [4.69, 9.17) is 0 Å². The summed E-state index contributed by atoms with van der Waals surface area (Å²) in [6.45, 7) is 65.5. The van der Waals surface area contributed by atoms with Crippen molar-refractivity contribution in [3.05, 3.63) is 272 Å². The first-order valence-corrected chi connectivity index (χ1v) is 41.7. The number of halogens is 13. The zero-order chi connectivity index (χ0) is 91.6. The van der Waals surface area contributed by atoms with Crippen LogP contribution in [-0.4, -0.2) is 18.3 Å². The van der Waals surface area contributed by atoms with Gasteiger partial charge in [0.05, 0.1) is 95.2 Å². The Balaban J connectivity index is 0.000000192. The molecule has 5 nitrogen and oxygen atoms in total. The summed E-state index contributed by atoms with van der Waals surface area (Å²) in [6.07, 6.45) is -5.34. The lowest BCUT2D eigenvalue weighted by Crippen LogP contribution is -2.15. The number of fused-ring (bicyclic) bond motifs is 12. The Morgan fingerprint density at radius 3 is 0.540 bits per heavy atom. The number of nitriles is 1. The highest BCUT2D eigenvalue weighted by atomic mass is 19.4. The molecule has 0 atom stereocenters. The van der Waals surface area contributed by atoms with Crippen molar-refractivity contribution in [3.8, 4) is 51.1 Å². The third kappa shape index (κ3) is 11.4. The maximum Gasteiger partial charge on any atom is 0.417 e. The Kier molecular flexibility index (Phi) is 20.6. The van der Waals surface area contributed by atoms with Crippen molar-refractivity contribution in [2.45, 2.75) is 228 Å². The van der Waals surface area contributed by atoms with Crippen LogP contribution in [0.25, 0.3) is 132 Å². The summed E-state index contributed by atoms with van der Waals surface area (Å²) in [4.78, 5) is 0. The van der Waals surface area contributed by atoms with Crippen LogP contribution in [0.3, 0.4) is 0 Å². The van der Waals surface area contributed by atoms with E-state index >= 15 is 48.3 Å². The van der Waals surface area contributed by atoms with Crippen LogP contribution in [0.2, 0.25) is 0 Å². The second kappa shape index (κ2) is 29.3. The molecule has 4 heterocycles. The number of rotatable bonds is 6. The summed E-state index contributed by atoms with van der Waals surface area (Å²) >= 11 is 0. The molecule has 124 heavy (non-hydrogen) atoms. The molecule has 16 aromatic rings. The van der Waals surface area contributed by atoms with Gasteiger partial charge in [-0.1, -0.05) is 0 Å². The lowest BCUT2D eigenvalue weighted by Gasteiger charge is -2.25. The van der Waals surface area contributed by atoms with Gasteiger partial charge in [-0.3, -0.25) is 0 Å². The van der Waals surface area contributed by atoms with Gasteiger partial charge in [-0.05, 0) is 424 Å². The van der Waals surface area contributed by atoms with Crippen LogP contribution in [0.15, 0.2) is 24.3 Å². The molecular formula is C106H100F13N5. The minimum absolute atomic E-state index is 0.0239. The highest BCUT2D eigenvalue weighted by Gasteiger charge is 2.42. The molecule has 0 spiro atoms. The molecular weight excluding hydrogens is 1590 g/mol. The number of hydrogen-bond acceptors (Lipinski definition) is 1. The van der Waals surface area contributed by atoms with Crippen LogP contribution >= 0.6 is 0 Å². The number of benzene rings is 12. The van der Waals surface area contributed by atoms with Gasteiger partial charge < -0.3 is 18.3 Å². The van der Waals surface area contributed by atoms with Gasteiger partial charge in [-0.2, -0.15) is 18.4 Å². The number of hydrogen-bond donors (Lipinski definition) is 0. The first kappa shape index (κ1) is 87.3. The average Bonchev–Trinajstić information content (AvgIpc) is 1.54. The summed E-state index contributed by atoms with van der Waals surface area (Å²) in [5.41, 5.74) is 33.3. The lowest BCUT2D eigenvalue weighted by molar-refractivity contribution is -0.137. The maximum absolute atomic E-state index is 16.1. The van der Waals surface area contributed by atoms with Crippen LogP contribution in [0.5, 0.6) is 0 Å². The SMILES string of the molecule is Cc1c(C)c(C)c2c(c1C)c1c(C)c(C)c(C)c(C)c1n2-c1cc(-c2c(F)c(F)c(F)c(F)c2F)c(C(F)(F)F)cc1-n1c2c(C)c(C)c(C)c(C)c2c2c(C)c(C)c(C)c(C)c21.Cc1c(C)c(C)c2c(c1C)c1c(C)c(C)c(C)c(C)c1n2-c1cc(C#N)c(-c2c(F)c(F)c(F)c(F)c2F)cc1-n1c2c(C)c(C)c(C)c(C)c2c2c(C)c(C)c(C)c(C)c21. The molecule has 18 heteroatoms. The van der Waals surface area contributed by atoms with Crippen LogP contribution in [-0.2, 0) is 6.18 Å². The lowest BCUT2D eigenvalue weighted by atomic mass is 9.90. The van der Waals surface area contributed by atoms with Crippen molar-refractivity contribution < 1.29 is 57.1 Å². The van der Waals surface area contributed by atoms with Gasteiger partial charge >= 0.3 is 6.18 Å². The normalized spacial score (nSPS) is 12.2. The molecule has 0 fully saturated rings. The molecule has 0 amide bonds. The zero-order valence-corrected chi connectivity index (χ0v) is 76.5. The van der Waals surface area contributed by atoms with Crippen LogP contribution in [0, 0.1) is 291 Å². The maximum atomic E-state index is 16.1. The quantitative estimate of drug-likeness (QED) is 0.0929. The van der Waals surface area contributed by atoms with E-state index in [0.29, 0.717) is 33.4 Å². The summed E-state index contributed by atoms with van der Waals surface area (Å²) in [7, 11) is 0. The highest BCUT2D eigenvalue weighted by Crippen LogP contribution is 2.55. The Morgan fingerprint density at radius 1 is 0.202 bits per heavy atom. The van der Waals surface area contributed by atoms with E-state index in [-0.39, 0.29) is 16.9 Å². The Labute approximate surface area is 714 Å². The largest absolute Gasteiger partial charge is 0.417 e. The molecule has 0 N–H and O–H groups in total. The molecule has 4 aromatic heterocycles. The summed E-state index contributed by atoms with van der Waals surface area (Å²) in [6, 6.07) is 7.02. The number of nitrogens with zero attached hydrogens (tertiary/aromatic N) is 5. The Hall–Kier alpha value is -11.6. The van der Waals surface area contributed by atoms with E-state index in [0.717, 1.165) is 255 Å². The summed E-state index contributed by atoms with van der Waals surface area (Å²) in [5, 5.41) is 18.5. The van der Waals surface area contributed by atoms with E-state index in [1.54, 1.807) is 6.07 Å². The van der Waals surface area contributed by atoms with Crippen molar-refractivity contribution in [3.63, 3.8) is 0 Å². The first-order chi connectivity index (χ1) is 57.8. The predicted molar refractivity (Wildman–Crippen MR) is 482 cm³/mol. The topological polar surface area (TPSA) is 43.5 Å². The average molecular weight is 1690 g/mol. The van der Waals surface area contributed by atoms with Crippen molar-refractivity contribution in [1.82, 2.24) is 18.3 Å². The predicted octanol–water partition coefficient (Wildman–Crippen LogP) is 31.2. The van der Waals surface area contributed by atoms with Gasteiger partial charge in [0.15, 0.2) is 46.5 Å². The molecule has 0 aliphatic rings. The fourth-order valence-electron chi connectivity index (χ4n) is 20.7. The molecule has 0 bridgehead atoms.